The first-order valence-corrected chi connectivity index (χ1v) is 4.96. The van der Waals surface area contributed by atoms with Gasteiger partial charge >= 0.3 is 11.9 Å². The highest BCUT2D eigenvalue weighted by molar-refractivity contribution is 5.94. The molecule has 1 aromatic carbocycles. The molecule has 0 saturated heterocycles. The maximum atomic E-state index is 13.1. The zero-order valence-electron chi connectivity index (χ0n) is 9.78. The largest absolute Gasteiger partial charge is 0.478 e. The van der Waals surface area contributed by atoms with Gasteiger partial charge < -0.3 is 9.84 Å². The van der Waals surface area contributed by atoms with Gasteiger partial charge in [0, 0.05) is 0 Å². The van der Waals surface area contributed by atoms with Crippen molar-refractivity contribution in [3.8, 4) is 0 Å². The Bertz CT molecular complexity index is 460. The van der Waals surface area contributed by atoms with Crippen LogP contribution in [0.3, 0.4) is 0 Å². The lowest BCUT2D eigenvalue weighted by Gasteiger charge is -2.19. The highest BCUT2D eigenvalue weighted by Crippen LogP contribution is 2.15. The molecule has 0 atom stereocenters. The van der Waals surface area contributed by atoms with E-state index in [0.717, 1.165) is 18.2 Å². The minimum absolute atomic E-state index is 0.114. The van der Waals surface area contributed by atoms with Crippen LogP contribution in [0.25, 0.3) is 0 Å². The number of rotatable bonds is 2. The summed E-state index contributed by atoms with van der Waals surface area (Å²) in [5.74, 6) is -2.83. The van der Waals surface area contributed by atoms with E-state index >= 15 is 0 Å². The summed E-state index contributed by atoms with van der Waals surface area (Å²) in [6.07, 6.45) is 0. The van der Waals surface area contributed by atoms with Crippen molar-refractivity contribution < 1.29 is 23.8 Å². The Kier molecular flexibility index (Phi) is 3.50. The average molecular weight is 240 g/mol. The molecule has 0 radical (unpaired) electrons. The predicted molar refractivity (Wildman–Crippen MR) is 58.5 cm³/mol. The number of halogens is 1. The second-order valence-electron chi connectivity index (χ2n) is 4.54. The molecule has 4 nitrogen and oxygen atoms in total. The highest BCUT2D eigenvalue weighted by atomic mass is 19.1. The van der Waals surface area contributed by atoms with Crippen LogP contribution in [0.4, 0.5) is 4.39 Å². The van der Waals surface area contributed by atoms with Crippen molar-refractivity contribution in [2.45, 2.75) is 26.4 Å². The third-order valence-electron chi connectivity index (χ3n) is 1.78. The summed E-state index contributed by atoms with van der Waals surface area (Å²) < 4.78 is 18.1. The molecule has 0 fully saturated rings. The molecule has 0 unspecified atom stereocenters. The van der Waals surface area contributed by atoms with Crippen molar-refractivity contribution in [1.29, 1.82) is 0 Å². The Morgan fingerprint density at radius 1 is 1.18 bits per heavy atom. The van der Waals surface area contributed by atoms with Gasteiger partial charge in [-0.05, 0) is 39.0 Å². The third kappa shape index (κ3) is 3.86. The van der Waals surface area contributed by atoms with Gasteiger partial charge in [-0.25, -0.2) is 14.0 Å². The second-order valence-corrected chi connectivity index (χ2v) is 4.54. The van der Waals surface area contributed by atoms with E-state index in [2.05, 4.69) is 0 Å². The fraction of sp³-hybridized carbons (Fsp3) is 0.333. The number of ether oxygens (including phenoxy) is 1. The van der Waals surface area contributed by atoms with E-state index < -0.39 is 23.4 Å². The van der Waals surface area contributed by atoms with E-state index in [1.54, 1.807) is 20.8 Å². The van der Waals surface area contributed by atoms with E-state index in [1.165, 1.54) is 0 Å². The summed E-state index contributed by atoms with van der Waals surface area (Å²) in [6.45, 7) is 5.01. The third-order valence-corrected chi connectivity index (χ3v) is 1.78. The molecule has 92 valence electrons. The minimum Gasteiger partial charge on any atom is -0.478 e. The number of esters is 1. The molecule has 1 aromatic rings. The summed E-state index contributed by atoms with van der Waals surface area (Å²) in [7, 11) is 0. The van der Waals surface area contributed by atoms with Crippen LogP contribution in [0.15, 0.2) is 18.2 Å². The van der Waals surface area contributed by atoms with Crippen LogP contribution >= 0.6 is 0 Å². The van der Waals surface area contributed by atoms with Crippen LogP contribution < -0.4 is 0 Å². The highest BCUT2D eigenvalue weighted by Gasteiger charge is 2.19. The normalized spacial score (nSPS) is 11.1. The lowest BCUT2D eigenvalue weighted by Crippen LogP contribution is -2.24. The fourth-order valence-corrected chi connectivity index (χ4v) is 1.17. The number of carbonyl (C=O) groups excluding carboxylic acids is 1. The second kappa shape index (κ2) is 4.53. The van der Waals surface area contributed by atoms with E-state index in [1.807, 2.05) is 0 Å². The molecule has 17 heavy (non-hydrogen) atoms. The van der Waals surface area contributed by atoms with E-state index in [0.29, 0.717) is 0 Å². The van der Waals surface area contributed by atoms with E-state index in [4.69, 9.17) is 9.84 Å². The van der Waals surface area contributed by atoms with Gasteiger partial charge in [-0.2, -0.15) is 0 Å². The van der Waals surface area contributed by atoms with Crippen molar-refractivity contribution in [3.63, 3.8) is 0 Å². The number of carboxylic acid groups (broad SMARTS) is 1. The molecule has 0 aliphatic rings. The Morgan fingerprint density at radius 3 is 2.18 bits per heavy atom. The van der Waals surface area contributed by atoms with Gasteiger partial charge in [0.25, 0.3) is 0 Å². The number of hydrogen-bond acceptors (Lipinski definition) is 3. The van der Waals surface area contributed by atoms with Crippen molar-refractivity contribution in [2.75, 3.05) is 0 Å². The van der Waals surface area contributed by atoms with Crippen LogP contribution in [0.2, 0.25) is 0 Å². The van der Waals surface area contributed by atoms with Crippen molar-refractivity contribution >= 4 is 11.9 Å². The van der Waals surface area contributed by atoms with Crippen LogP contribution in [-0.4, -0.2) is 22.6 Å². The molecule has 0 aromatic heterocycles. The SMILES string of the molecule is CC(C)(C)OC(=O)c1cc(F)cc(C(=O)O)c1. The Labute approximate surface area is 98.0 Å². The molecular formula is C12H13FO4. The molecule has 0 aliphatic carbocycles. The maximum absolute atomic E-state index is 13.1. The van der Waals surface area contributed by atoms with Crippen LogP contribution in [0, 0.1) is 5.82 Å². The van der Waals surface area contributed by atoms with E-state index in [9.17, 15) is 14.0 Å². The van der Waals surface area contributed by atoms with E-state index in [-0.39, 0.29) is 11.1 Å². The fourth-order valence-electron chi connectivity index (χ4n) is 1.17. The smallest absolute Gasteiger partial charge is 0.338 e. The molecule has 0 amide bonds. The molecule has 0 aliphatic heterocycles. The van der Waals surface area contributed by atoms with Gasteiger partial charge in [-0.3, -0.25) is 0 Å². The topological polar surface area (TPSA) is 63.6 Å². The van der Waals surface area contributed by atoms with Gasteiger partial charge in [-0.1, -0.05) is 0 Å². The first kappa shape index (κ1) is 13.2. The summed E-state index contributed by atoms with van der Waals surface area (Å²) in [5, 5.41) is 8.73. The molecule has 0 heterocycles. The quantitative estimate of drug-likeness (QED) is 0.806. The average Bonchev–Trinajstić information content (AvgIpc) is 2.13. The molecule has 0 spiro atoms. The minimum atomic E-state index is -1.30. The molecule has 5 heteroatoms. The van der Waals surface area contributed by atoms with Gasteiger partial charge in [0.2, 0.25) is 0 Å². The predicted octanol–water partition coefficient (Wildman–Crippen LogP) is 2.48. The summed E-state index contributed by atoms with van der Waals surface area (Å²) in [5.41, 5.74) is -1.12. The van der Waals surface area contributed by atoms with Crippen LogP contribution in [0.5, 0.6) is 0 Å². The van der Waals surface area contributed by atoms with Crippen molar-refractivity contribution in [3.05, 3.63) is 35.1 Å². The zero-order chi connectivity index (χ0) is 13.2. The molecule has 0 saturated carbocycles. The molecule has 1 N–H and O–H groups in total. The van der Waals surface area contributed by atoms with Crippen molar-refractivity contribution in [2.24, 2.45) is 0 Å². The lowest BCUT2D eigenvalue weighted by molar-refractivity contribution is 0.00690. The lowest BCUT2D eigenvalue weighted by atomic mass is 10.1. The number of benzene rings is 1. The first-order chi connectivity index (χ1) is 7.69. The monoisotopic (exact) mass is 240 g/mol. The first-order valence-electron chi connectivity index (χ1n) is 4.96. The Morgan fingerprint density at radius 2 is 1.71 bits per heavy atom. The van der Waals surface area contributed by atoms with Crippen molar-refractivity contribution in [1.82, 2.24) is 0 Å². The Balaban J connectivity index is 3.06. The van der Waals surface area contributed by atoms with Crippen LogP contribution in [-0.2, 0) is 4.74 Å². The van der Waals surface area contributed by atoms with Crippen LogP contribution in [0.1, 0.15) is 41.5 Å². The van der Waals surface area contributed by atoms with Gasteiger partial charge in [0.1, 0.15) is 11.4 Å². The molecule has 1 rings (SSSR count). The number of aromatic carboxylic acids is 1. The maximum Gasteiger partial charge on any atom is 0.338 e. The van der Waals surface area contributed by atoms with Gasteiger partial charge in [-0.15, -0.1) is 0 Å². The van der Waals surface area contributed by atoms with Gasteiger partial charge in [0.15, 0.2) is 0 Å². The summed E-state index contributed by atoms with van der Waals surface area (Å²) in [4.78, 5) is 22.3. The zero-order valence-corrected chi connectivity index (χ0v) is 9.78. The molecule has 0 bridgehead atoms. The Hall–Kier alpha value is -1.91. The molecular weight excluding hydrogens is 227 g/mol. The van der Waals surface area contributed by atoms with Gasteiger partial charge in [0.05, 0.1) is 11.1 Å². The number of hydrogen-bond donors (Lipinski definition) is 1. The standard InChI is InChI=1S/C12H13FO4/c1-12(2,3)17-11(16)8-4-7(10(14)15)5-9(13)6-8/h4-6H,1-3H3,(H,14,15). The number of carbonyl (C=O) groups is 2. The number of carboxylic acids is 1. The summed E-state index contributed by atoms with van der Waals surface area (Å²) >= 11 is 0. The summed E-state index contributed by atoms with van der Waals surface area (Å²) in [6, 6.07) is 2.87.